The maximum atomic E-state index is 12.0. The zero-order chi connectivity index (χ0) is 11.9. The number of thioether (sulfide) groups is 1. The minimum Gasteiger partial charge on any atom is -0.460 e. The summed E-state index contributed by atoms with van der Waals surface area (Å²) in [6, 6.07) is 6.62. The third-order valence-corrected chi connectivity index (χ3v) is 5.32. The topological polar surface area (TPSA) is 52.6 Å². The SMILES string of the molecule is O=S1(=O)OC2(CCSCC2)Oc2ccccc21. The average molecular weight is 272 g/mol. The summed E-state index contributed by atoms with van der Waals surface area (Å²) in [5.41, 5.74) is 0. The largest absolute Gasteiger partial charge is 0.460 e. The van der Waals surface area contributed by atoms with Crippen molar-refractivity contribution in [3.63, 3.8) is 0 Å². The monoisotopic (exact) mass is 272 g/mol. The van der Waals surface area contributed by atoms with E-state index in [0.29, 0.717) is 18.6 Å². The predicted molar refractivity (Wildman–Crippen MR) is 64.6 cm³/mol. The lowest BCUT2D eigenvalue weighted by atomic mass is 10.1. The number of fused-ring (bicyclic) bond motifs is 1. The van der Waals surface area contributed by atoms with Crippen molar-refractivity contribution in [3.8, 4) is 5.75 Å². The smallest absolute Gasteiger partial charge is 0.304 e. The highest BCUT2D eigenvalue weighted by atomic mass is 32.2. The van der Waals surface area contributed by atoms with E-state index in [1.54, 1.807) is 30.0 Å². The summed E-state index contributed by atoms with van der Waals surface area (Å²) < 4.78 is 35.1. The maximum Gasteiger partial charge on any atom is 0.304 e. The Morgan fingerprint density at radius 3 is 2.65 bits per heavy atom. The Balaban J connectivity index is 2.07. The second kappa shape index (κ2) is 3.90. The van der Waals surface area contributed by atoms with Crippen LogP contribution in [0.2, 0.25) is 0 Å². The van der Waals surface area contributed by atoms with E-state index in [4.69, 9.17) is 8.92 Å². The van der Waals surface area contributed by atoms with Gasteiger partial charge in [-0.25, -0.2) is 4.18 Å². The van der Waals surface area contributed by atoms with Gasteiger partial charge in [0.05, 0.1) is 0 Å². The van der Waals surface area contributed by atoms with Gasteiger partial charge < -0.3 is 4.74 Å². The molecule has 0 bridgehead atoms. The molecule has 0 aromatic heterocycles. The Kier molecular flexibility index (Phi) is 2.61. The number of para-hydroxylation sites is 1. The number of ether oxygens (including phenoxy) is 1. The molecule has 17 heavy (non-hydrogen) atoms. The third kappa shape index (κ3) is 1.94. The van der Waals surface area contributed by atoms with Crippen LogP contribution in [-0.2, 0) is 14.3 Å². The summed E-state index contributed by atoms with van der Waals surface area (Å²) in [5.74, 6) is 1.15. The molecule has 2 aliphatic rings. The second-order valence-corrected chi connectivity index (χ2v) is 6.85. The van der Waals surface area contributed by atoms with Gasteiger partial charge in [0.25, 0.3) is 0 Å². The Bertz CT molecular complexity index is 532. The van der Waals surface area contributed by atoms with Crippen LogP contribution in [0.15, 0.2) is 29.2 Å². The molecule has 1 fully saturated rings. The van der Waals surface area contributed by atoms with Crippen LogP contribution in [0.4, 0.5) is 0 Å². The van der Waals surface area contributed by atoms with Crippen molar-refractivity contribution >= 4 is 21.9 Å². The number of hydrogen-bond acceptors (Lipinski definition) is 5. The van der Waals surface area contributed by atoms with Crippen molar-refractivity contribution in [2.45, 2.75) is 23.5 Å². The van der Waals surface area contributed by atoms with Crippen molar-refractivity contribution < 1.29 is 17.3 Å². The molecule has 0 aliphatic carbocycles. The summed E-state index contributed by atoms with van der Waals surface area (Å²) in [5, 5.41) is 0. The van der Waals surface area contributed by atoms with Gasteiger partial charge in [0, 0.05) is 12.8 Å². The minimum atomic E-state index is -3.68. The van der Waals surface area contributed by atoms with Crippen LogP contribution < -0.4 is 4.74 Å². The normalized spacial score (nSPS) is 24.9. The molecule has 92 valence electrons. The van der Waals surface area contributed by atoms with Gasteiger partial charge in [-0.2, -0.15) is 20.2 Å². The molecule has 0 saturated carbocycles. The first-order valence-electron chi connectivity index (χ1n) is 5.43. The summed E-state index contributed by atoms with van der Waals surface area (Å²) in [7, 11) is -3.68. The van der Waals surface area contributed by atoms with E-state index in [1.165, 1.54) is 6.07 Å². The molecule has 2 aliphatic heterocycles. The van der Waals surface area contributed by atoms with Gasteiger partial charge in [-0.05, 0) is 23.6 Å². The van der Waals surface area contributed by atoms with Crippen LogP contribution in [0.1, 0.15) is 12.8 Å². The van der Waals surface area contributed by atoms with Gasteiger partial charge in [-0.3, -0.25) is 0 Å². The Labute approximate surface area is 104 Å². The zero-order valence-electron chi connectivity index (χ0n) is 9.09. The molecule has 4 nitrogen and oxygen atoms in total. The van der Waals surface area contributed by atoms with Crippen LogP contribution in [0.25, 0.3) is 0 Å². The van der Waals surface area contributed by atoms with E-state index in [0.717, 1.165) is 11.5 Å². The second-order valence-electron chi connectivity index (χ2n) is 4.11. The van der Waals surface area contributed by atoms with Crippen LogP contribution in [-0.4, -0.2) is 25.7 Å². The number of rotatable bonds is 0. The molecule has 1 saturated heterocycles. The molecule has 0 unspecified atom stereocenters. The lowest BCUT2D eigenvalue weighted by Crippen LogP contribution is -2.47. The van der Waals surface area contributed by atoms with E-state index in [9.17, 15) is 8.42 Å². The summed E-state index contributed by atoms with van der Waals surface area (Å²) in [6.07, 6.45) is 1.20. The quantitative estimate of drug-likeness (QED) is 0.676. The van der Waals surface area contributed by atoms with Gasteiger partial charge in [-0.1, -0.05) is 12.1 Å². The van der Waals surface area contributed by atoms with Crippen molar-refractivity contribution in [1.29, 1.82) is 0 Å². The highest BCUT2D eigenvalue weighted by molar-refractivity contribution is 7.99. The highest BCUT2D eigenvalue weighted by Gasteiger charge is 2.45. The molecule has 2 heterocycles. The molecule has 1 aromatic carbocycles. The molecule has 0 atom stereocenters. The Hall–Kier alpha value is -0.720. The van der Waals surface area contributed by atoms with Crippen molar-refractivity contribution in [2.24, 2.45) is 0 Å². The van der Waals surface area contributed by atoms with E-state index < -0.39 is 15.9 Å². The van der Waals surface area contributed by atoms with Crippen molar-refractivity contribution in [2.75, 3.05) is 11.5 Å². The lowest BCUT2D eigenvalue weighted by molar-refractivity contribution is -0.124. The molecular weight excluding hydrogens is 260 g/mol. The fourth-order valence-electron chi connectivity index (χ4n) is 2.07. The number of benzene rings is 1. The fourth-order valence-corrected chi connectivity index (χ4v) is 4.48. The average Bonchev–Trinajstić information content (AvgIpc) is 2.29. The number of hydrogen-bond donors (Lipinski definition) is 0. The van der Waals surface area contributed by atoms with Crippen LogP contribution in [0.5, 0.6) is 5.75 Å². The van der Waals surface area contributed by atoms with E-state index in [2.05, 4.69) is 0 Å². The Morgan fingerprint density at radius 1 is 1.18 bits per heavy atom. The maximum absolute atomic E-state index is 12.0. The molecule has 0 amide bonds. The predicted octanol–water partition coefficient (Wildman–Crippen LogP) is 2.01. The third-order valence-electron chi connectivity index (χ3n) is 2.93. The van der Waals surface area contributed by atoms with Gasteiger partial charge in [0.2, 0.25) is 5.79 Å². The molecule has 0 radical (unpaired) electrons. The first-order chi connectivity index (χ1) is 8.11. The minimum absolute atomic E-state index is 0.129. The van der Waals surface area contributed by atoms with E-state index in [1.807, 2.05) is 0 Å². The molecule has 3 rings (SSSR count). The van der Waals surface area contributed by atoms with Gasteiger partial charge >= 0.3 is 10.1 Å². The lowest BCUT2D eigenvalue weighted by Gasteiger charge is -2.39. The molecular formula is C11H12O4S2. The van der Waals surface area contributed by atoms with E-state index >= 15 is 0 Å². The van der Waals surface area contributed by atoms with Crippen LogP contribution in [0, 0.1) is 0 Å². The Morgan fingerprint density at radius 2 is 1.88 bits per heavy atom. The summed E-state index contributed by atoms with van der Waals surface area (Å²) in [4.78, 5) is 0.129. The first kappa shape index (κ1) is 11.4. The molecule has 0 N–H and O–H groups in total. The fraction of sp³-hybridized carbons (Fsp3) is 0.455. The highest BCUT2D eigenvalue weighted by Crippen LogP contribution is 2.42. The first-order valence-corrected chi connectivity index (χ1v) is 7.99. The van der Waals surface area contributed by atoms with Crippen molar-refractivity contribution in [1.82, 2.24) is 0 Å². The van der Waals surface area contributed by atoms with Crippen LogP contribution >= 0.6 is 11.8 Å². The standard InChI is InChI=1S/C11H12O4S2/c12-17(13)10-4-2-1-3-9(10)14-11(15-17)5-7-16-8-6-11/h1-4H,5-8H2. The van der Waals surface area contributed by atoms with Crippen LogP contribution in [0.3, 0.4) is 0 Å². The molecule has 6 heteroatoms. The molecule has 1 spiro atoms. The van der Waals surface area contributed by atoms with Gasteiger partial charge in [-0.15, -0.1) is 0 Å². The van der Waals surface area contributed by atoms with Crippen molar-refractivity contribution in [3.05, 3.63) is 24.3 Å². The summed E-state index contributed by atoms with van der Waals surface area (Å²) in [6.45, 7) is 0. The molecule has 1 aromatic rings. The van der Waals surface area contributed by atoms with Gasteiger partial charge in [0.15, 0.2) is 0 Å². The summed E-state index contributed by atoms with van der Waals surface area (Å²) >= 11 is 1.79. The zero-order valence-corrected chi connectivity index (χ0v) is 10.7. The van der Waals surface area contributed by atoms with E-state index in [-0.39, 0.29) is 4.90 Å². The van der Waals surface area contributed by atoms with Gasteiger partial charge in [0.1, 0.15) is 10.6 Å².